The largest absolute Gasteiger partial charge is 0.497 e. The highest BCUT2D eigenvalue weighted by Gasteiger charge is 2.20. The highest BCUT2D eigenvalue weighted by atomic mass is 32.1. The van der Waals surface area contributed by atoms with Gasteiger partial charge in [-0.3, -0.25) is 0 Å². The minimum atomic E-state index is 0.697. The van der Waals surface area contributed by atoms with Gasteiger partial charge in [-0.25, -0.2) is 0 Å². The molecule has 0 saturated carbocycles. The Balaban J connectivity index is 1.82. The lowest BCUT2D eigenvalue weighted by Crippen LogP contribution is -1.92. The van der Waals surface area contributed by atoms with E-state index >= 15 is 0 Å². The number of benzene rings is 1. The number of nitrogens with zero attached hydrogens (tertiary/aromatic N) is 5. The average molecular weight is 341 g/mol. The first-order valence-electron chi connectivity index (χ1n) is 7.53. The average Bonchev–Trinajstić information content (AvgIpc) is 3.28. The van der Waals surface area contributed by atoms with Gasteiger partial charge in [-0.2, -0.15) is 9.61 Å². The lowest BCUT2D eigenvalue weighted by Gasteiger charge is -2.00. The van der Waals surface area contributed by atoms with Crippen LogP contribution in [0.2, 0.25) is 0 Å². The normalized spacial score (nSPS) is 11.3. The molecule has 0 aliphatic rings. The number of rotatable bonds is 4. The molecule has 7 nitrogen and oxygen atoms in total. The lowest BCUT2D eigenvalue weighted by atomic mass is 10.2. The SMILES string of the molecule is CCc1noc(C)c1-c1nn2c(-c3ccc(OC)cc3)nnc2s1. The van der Waals surface area contributed by atoms with Gasteiger partial charge in [0.2, 0.25) is 4.96 Å². The van der Waals surface area contributed by atoms with Crippen molar-refractivity contribution in [1.82, 2.24) is 25.0 Å². The zero-order chi connectivity index (χ0) is 16.7. The second kappa shape index (κ2) is 5.72. The van der Waals surface area contributed by atoms with Crippen molar-refractivity contribution in [2.45, 2.75) is 20.3 Å². The first kappa shape index (κ1) is 14.8. The number of ether oxygens (including phenoxy) is 1. The molecule has 0 saturated heterocycles. The van der Waals surface area contributed by atoms with Crippen LogP contribution in [0.5, 0.6) is 5.75 Å². The number of fused-ring (bicyclic) bond motifs is 1. The molecular weight excluding hydrogens is 326 g/mol. The van der Waals surface area contributed by atoms with E-state index in [9.17, 15) is 0 Å². The van der Waals surface area contributed by atoms with Crippen LogP contribution >= 0.6 is 11.3 Å². The Morgan fingerprint density at radius 2 is 2.00 bits per heavy atom. The maximum absolute atomic E-state index is 5.31. The Bertz CT molecular complexity index is 1000. The number of aryl methyl sites for hydroxylation is 2. The van der Waals surface area contributed by atoms with E-state index in [4.69, 9.17) is 9.26 Å². The first-order valence-corrected chi connectivity index (χ1v) is 8.35. The summed E-state index contributed by atoms with van der Waals surface area (Å²) in [4.78, 5) is 0.735. The van der Waals surface area contributed by atoms with Gasteiger partial charge in [0.1, 0.15) is 11.5 Å². The predicted octanol–water partition coefficient (Wildman–Crippen LogP) is 3.39. The maximum atomic E-state index is 5.31. The van der Waals surface area contributed by atoms with Crippen molar-refractivity contribution in [3.8, 4) is 27.7 Å². The Labute approximate surface area is 141 Å². The summed E-state index contributed by atoms with van der Waals surface area (Å²) < 4.78 is 12.3. The van der Waals surface area contributed by atoms with Crippen LogP contribution < -0.4 is 4.74 Å². The minimum Gasteiger partial charge on any atom is -0.497 e. The lowest BCUT2D eigenvalue weighted by molar-refractivity contribution is 0.391. The highest BCUT2D eigenvalue weighted by molar-refractivity contribution is 7.19. The monoisotopic (exact) mass is 341 g/mol. The molecule has 0 aliphatic heterocycles. The van der Waals surface area contributed by atoms with Crippen LogP contribution in [0.3, 0.4) is 0 Å². The molecule has 0 aliphatic carbocycles. The van der Waals surface area contributed by atoms with E-state index in [1.165, 1.54) is 11.3 Å². The fourth-order valence-corrected chi connectivity index (χ4v) is 3.53. The maximum Gasteiger partial charge on any atom is 0.235 e. The molecular formula is C16H15N5O2S. The summed E-state index contributed by atoms with van der Waals surface area (Å²) in [5.41, 5.74) is 2.79. The van der Waals surface area contributed by atoms with Gasteiger partial charge in [0.25, 0.3) is 0 Å². The Morgan fingerprint density at radius 1 is 1.21 bits per heavy atom. The summed E-state index contributed by atoms with van der Waals surface area (Å²) in [6.45, 7) is 3.94. The summed E-state index contributed by atoms with van der Waals surface area (Å²) in [6.07, 6.45) is 0.790. The van der Waals surface area contributed by atoms with Crippen molar-refractivity contribution >= 4 is 16.3 Å². The molecule has 3 aromatic heterocycles. The van der Waals surface area contributed by atoms with Gasteiger partial charge in [0.15, 0.2) is 10.8 Å². The van der Waals surface area contributed by atoms with Crippen molar-refractivity contribution in [3.05, 3.63) is 35.7 Å². The van der Waals surface area contributed by atoms with E-state index < -0.39 is 0 Å². The quantitative estimate of drug-likeness (QED) is 0.566. The summed E-state index contributed by atoms with van der Waals surface area (Å²) >= 11 is 1.48. The molecule has 4 rings (SSSR count). The van der Waals surface area contributed by atoms with Gasteiger partial charge < -0.3 is 9.26 Å². The fraction of sp³-hybridized carbons (Fsp3) is 0.250. The molecule has 4 aromatic rings. The molecule has 0 bridgehead atoms. The van der Waals surface area contributed by atoms with E-state index in [0.717, 1.165) is 44.7 Å². The number of methoxy groups -OCH3 is 1. The molecule has 0 N–H and O–H groups in total. The second-order valence-corrected chi connectivity index (χ2v) is 6.22. The summed E-state index contributed by atoms with van der Waals surface area (Å²) in [5.74, 6) is 2.26. The van der Waals surface area contributed by atoms with Gasteiger partial charge >= 0.3 is 0 Å². The van der Waals surface area contributed by atoms with E-state index in [1.54, 1.807) is 11.6 Å². The number of hydrogen-bond donors (Lipinski definition) is 0. The van der Waals surface area contributed by atoms with Crippen LogP contribution in [0.4, 0.5) is 0 Å². The summed E-state index contributed by atoms with van der Waals surface area (Å²) in [5, 5.41) is 18.1. The Morgan fingerprint density at radius 3 is 2.71 bits per heavy atom. The third kappa shape index (κ3) is 2.26. The van der Waals surface area contributed by atoms with Crippen LogP contribution in [0, 0.1) is 6.92 Å². The van der Waals surface area contributed by atoms with Crippen LogP contribution in [0.15, 0.2) is 28.8 Å². The summed E-state index contributed by atoms with van der Waals surface area (Å²) in [6, 6.07) is 7.67. The zero-order valence-corrected chi connectivity index (χ0v) is 14.3. The van der Waals surface area contributed by atoms with E-state index in [-0.39, 0.29) is 0 Å². The molecule has 3 heterocycles. The van der Waals surface area contributed by atoms with Crippen molar-refractivity contribution in [2.24, 2.45) is 0 Å². The molecule has 122 valence electrons. The minimum absolute atomic E-state index is 0.697. The first-order chi connectivity index (χ1) is 11.7. The van der Waals surface area contributed by atoms with Crippen molar-refractivity contribution in [2.75, 3.05) is 7.11 Å². The van der Waals surface area contributed by atoms with Crippen LogP contribution in [0.25, 0.3) is 26.9 Å². The van der Waals surface area contributed by atoms with Crippen molar-refractivity contribution < 1.29 is 9.26 Å². The Kier molecular flexibility index (Phi) is 3.53. The van der Waals surface area contributed by atoms with Gasteiger partial charge in [-0.15, -0.1) is 10.2 Å². The Hall–Kier alpha value is -2.74. The number of aromatic nitrogens is 5. The molecule has 0 unspecified atom stereocenters. The fourth-order valence-electron chi connectivity index (χ4n) is 2.57. The highest BCUT2D eigenvalue weighted by Crippen LogP contribution is 2.32. The van der Waals surface area contributed by atoms with Gasteiger partial charge in [0.05, 0.1) is 18.4 Å². The molecule has 0 atom stereocenters. The van der Waals surface area contributed by atoms with Crippen molar-refractivity contribution in [1.29, 1.82) is 0 Å². The molecule has 0 fully saturated rings. The number of hydrogen-bond acceptors (Lipinski definition) is 7. The molecule has 8 heteroatoms. The molecule has 0 amide bonds. The molecule has 0 spiro atoms. The van der Waals surface area contributed by atoms with Crippen LogP contribution in [0.1, 0.15) is 18.4 Å². The third-order valence-corrected chi connectivity index (χ3v) is 4.74. The summed E-state index contributed by atoms with van der Waals surface area (Å²) in [7, 11) is 1.64. The van der Waals surface area contributed by atoms with Crippen LogP contribution in [-0.4, -0.2) is 32.1 Å². The van der Waals surface area contributed by atoms with E-state index in [0.29, 0.717) is 5.82 Å². The third-order valence-electron chi connectivity index (χ3n) is 3.82. The second-order valence-electron chi connectivity index (χ2n) is 5.27. The van der Waals surface area contributed by atoms with Gasteiger partial charge in [-0.05, 0) is 37.6 Å². The molecule has 1 aromatic carbocycles. The van der Waals surface area contributed by atoms with E-state index in [1.807, 2.05) is 38.1 Å². The topological polar surface area (TPSA) is 78.3 Å². The van der Waals surface area contributed by atoms with Gasteiger partial charge in [0, 0.05) is 5.56 Å². The zero-order valence-electron chi connectivity index (χ0n) is 13.5. The van der Waals surface area contributed by atoms with Gasteiger partial charge in [-0.1, -0.05) is 23.4 Å². The predicted molar refractivity (Wildman–Crippen MR) is 90.3 cm³/mol. The smallest absolute Gasteiger partial charge is 0.235 e. The standard InChI is InChI=1S/C16H15N5O2S/c1-4-12-13(9(2)23-20-12)15-19-21-14(17-18-16(21)24-15)10-5-7-11(22-3)8-6-10/h5-8H,4H2,1-3H3. The van der Waals surface area contributed by atoms with E-state index in [2.05, 4.69) is 20.5 Å². The van der Waals surface area contributed by atoms with Crippen molar-refractivity contribution in [3.63, 3.8) is 0 Å². The molecule has 0 radical (unpaired) electrons. The molecule has 24 heavy (non-hydrogen) atoms. The van der Waals surface area contributed by atoms with Crippen LogP contribution in [-0.2, 0) is 6.42 Å².